The zero-order valence-corrected chi connectivity index (χ0v) is 5.89. The lowest BCUT2D eigenvalue weighted by Crippen LogP contribution is -2.27. The normalized spacial score (nSPS) is 23.2. The van der Waals surface area contributed by atoms with E-state index in [4.69, 9.17) is 4.74 Å². The quantitative estimate of drug-likeness (QED) is 0.506. The minimum Gasteiger partial charge on any atom is -0.494 e. The van der Waals surface area contributed by atoms with Crippen LogP contribution in [-0.2, 0) is 4.74 Å². The van der Waals surface area contributed by atoms with Crippen LogP contribution in [0.15, 0.2) is 23.6 Å². The third kappa shape index (κ3) is 0.897. The average molecular weight is 137 g/mol. The van der Waals surface area contributed by atoms with E-state index in [0.717, 1.165) is 31.8 Å². The fraction of sp³-hybridized carbons (Fsp3) is 0.500. The highest BCUT2D eigenvalue weighted by atomic mass is 16.5. The molecule has 2 nitrogen and oxygen atoms in total. The van der Waals surface area contributed by atoms with E-state index >= 15 is 0 Å². The lowest BCUT2D eigenvalue weighted by molar-refractivity contribution is 0.184. The second kappa shape index (κ2) is 2.37. The standard InChI is InChI=1S/C8H11NO/c1-2-4-8-7(3-1)9-5-6-10-8/h1-2,9H,3-6H2. The summed E-state index contributed by atoms with van der Waals surface area (Å²) in [4.78, 5) is 0. The van der Waals surface area contributed by atoms with E-state index in [1.165, 1.54) is 5.70 Å². The summed E-state index contributed by atoms with van der Waals surface area (Å²) >= 11 is 0. The molecule has 0 amide bonds. The Hall–Kier alpha value is -0.920. The Labute approximate surface area is 60.6 Å². The predicted octanol–water partition coefficient (Wildman–Crippen LogP) is 1.17. The van der Waals surface area contributed by atoms with Gasteiger partial charge in [-0.05, 0) is 0 Å². The Balaban J connectivity index is 2.17. The summed E-state index contributed by atoms with van der Waals surface area (Å²) in [5, 5.41) is 3.32. The van der Waals surface area contributed by atoms with Gasteiger partial charge in [0.1, 0.15) is 12.4 Å². The monoisotopic (exact) mass is 137 g/mol. The number of nitrogens with one attached hydrogen (secondary N) is 1. The van der Waals surface area contributed by atoms with Gasteiger partial charge in [-0.1, -0.05) is 12.2 Å². The third-order valence-electron chi connectivity index (χ3n) is 1.85. The van der Waals surface area contributed by atoms with Gasteiger partial charge in [-0.15, -0.1) is 0 Å². The molecule has 0 aromatic heterocycles. The molecular weight excluding hydrogens is 126 g/mol. The molecule has 0 spiro atoms. The SMILES string of the molecule is C1=CCC2=C(C1)NCCO2. The highest BCUT2D eigenvalue weighted by molar-refractivity contribution is 5.19. The number of hydrogen-bond acceptors (Lipinski definition) is 2. The van der Waals surface area contributed by atoms with Crippen LogP contribution in [0.4, 0.5) is 0 Å². The Morgan fingerprint density at radius 2 is 2.20 bits per heavy atom. The molecule has 0 atom stereocenters. The second-order valence-corrected chi connectivity index (χ2v) is 2.56. The fourth-order valence-electron chi connectivity index (χ4n) is 1.32. The Kier molecular flexibility index (Phi) is 1.38. The van der Waals surface area contributed by atoms with Crippen molar-refractivity contribution in [1.29, 1.82) is 0 Å². The summed E-state index contributed by atoms with van der Waals surface area (Å²) in [5.74, 6) is 1.15. The molecule has 1 N–H and O–H groups in total. The van der Waals surface area contributed by atoms with Crippen molar-refractivity contribution in [2.24, 2.45) is 0 Å². The van der Waals surface area contributed by atoms with E-state index in [2.05, 4.69) is 17.5 Å². The molecule has 0 saturated carbocycles. The van der Waals surface area contributed by atoms with Crippen LogP contribution in [-0.4, -0.2) is 13.2 Å². The van der Waals surface area contributed by atoms with Crippen molar-refractivity contribution >= 4 is 0 Å². The molecule has 0 aromatic rings. The van der Waals surface area contributed by atoms with Crippen molar-refractivity contribution in [3.8, 4) is 0 Å². The van der Waals surface area contributed by atoms with Crippen LogP contribution in [0.1, 0.15) is 12.8 Å². The molecule has 0 radical (unpaired) electrons. The highest BCUT2D eigenvalue weighted by Gasteiger charge is 2.12. The second-order valence-electron chi connectivity index (χ2n) is 2.56. The molecule has 10 heavy (non-hydrogen) atoms. The maximum atomic E-state index is 5.45. The smallest absolute Gasteiger partial charge is 0.119 e. The summed E-state index contributed by atoms with van der Waals surface area (Å²) in [6.07, 6.45) is 6.34. The van der Waals surface area contributed by atoms with E-state index in [-0.39, 0.29) is 0 Å². The minimum absolute atomic E-state index is 0.826. The zero-order valence-electron chi connectivity index (χ0n) is 5.89. The van der Waals surface area contributed by atoms with Gasteiger partial charge in [0.15, 0.2) is 0 Å². The van der Waals surface area contributed by atoms with Gasteiger partial charge in [0.05, 0.1) is 5.70 Å². The van der Waals surface area contributed by atoms with E-state index in [0.29, 0.717) is 0 Å². The van der Waals surface area contributed by atoms with Crippen molar-refractivity contribution in [1.82, 2.24) is 5.32 Å². The molecule has 2 aliphatic rings. The molecule has 0 fully saturated rings. The molecule has 2 heteroatoms. The molecule has 0 unspecified atom stereocenters. The summed E-state index contributed by atoms with van der Waals surface area (Å²) in [7, 11) is 0. The highest BCUT2D eigenvalue weighted by Crippen LogP contribution is 2.20. The number of allylic oxidation sites excluding steroid dienone is 2. The minimum atomic E-state index is 0.826. The Morgan fingerprint density at radius 3 is 3.10 bits per heavy atom. The summed E-state index contributed by atoms with van der Waals surface area (Å²) in [6, 6.07) is 0. The van der Waals surface area contributed by atoms with Gasteiger partial charge >= 0.3 is 0 Å². The first kappa shape index (κ1) is 5.83. The molecule has 1 heterocycles. The summed E-state index contributed by atoms with van der Waals surface area (Å²) in [5.41, 5.74) is 1.29. The van der Waals surface area contributed by atoms with Crippen molar-refractivity contribution in [2.45, 2.75) is 12.8 Å². The van der Waals surface area contributed by atoms with Gasteiger partial charge in [0, 0.05) is 19.4 Å². The first-order chi connectivity index (χ1) is 4.97. The van der Waals surface area contributed by atoms with Gasteiger partial charge in [-0.3, -0.25) is 0 Å². The molecule has 1 aliphatic carbocycles. The first-order valence-corrected chi connectivity index (χ1v) is 3.70. The van der Waals surface area contributed by atoms with E-state index in [1.54, 1.807) is 0 Å². The van der Waals surface area contributed by atoms with Gasteiger partial charge in [0.2, 0.25) is 0 Å². The van der Waals surface area contributed by atoms with E-state index in [1.807, 2.05) is 0 Å². The number of hydrogen-bond donors (Lipinski definition) is 1. The largest absolute Gasteiger partial charge is 0.494 e. The van der Waals surface area contributed by atoms with Crippen LogP contribution >= 0.6 is 0 Å². The summed E-state index contributed by atoms with van der Waals surface area (Å²) in [6.45, 7) is 1.79. The van der Waals surface area contributed by atoms with Crippen molar-refractivity contribution < 1.29 is 4.74 Å². The van der Waals surface area contributed by atoms with Crippen LogP contribution < -0.4 is 5.32 Å². The summed E-state index contributed by atoms with van der Waals surface area (Å²) < 4.78 is 5.45. The lowest BCUT2D eigenvalue weighted by Gasteiger charge is -2.23. The lowest BCUT2D eigenvalue weighted by atomic mass is 10.1. The number of rotatable bonds is 0. The van der Waals surface area contributed by atoms with Crippen molar-refractivity contribution in [3.63, 3.8) is 0 Å². The molecule has 0 bridgehead atoms. The predicted molar refractivity (Wildman–Crippen MR) is 39.4 cm³/mol. The molecule has 0 saturated heterocycles. The van der Waals surface area contributed by atoms with Crippen LogP contribution in [0.2, 0.25) is 0 Å². The zero-order chi connectivity index (χ0) is 6.81. The topological polar surface area (TPSA) is 21.3 Å². The maximum absolute atomic E-state index is 5.45. The average Bonchev–Trinajstić information content (AvgIpc) is 2.05. The van der Waals surface area contributed by atoms with Gasteiger partial charge in [-0.2, -0.15) is 0 Å². The third-order valence-corrected chi connectivity index (χ3v) is 1.85. The van der Waals surface area contributed by atoms with Gasteiger partial charge in [-0.25, -0.2) is 0 Å². The van der Waals surface area contributed by atoms with Crippen molar-refractivity contribution in [2.75, 3.05) is 13.2 Å². The Morgan fingerprint density at radius 1 is 1.30 bits per heavy atom. The van der Waals surface area contributed by atoms with E-state index < -0.39 is 0 Å². The molecule has 54 valence electrons. The van der Waals surface area contributed by atoms with Crippen LogP contribution in [0.25, 0.3) is 0 Å². The molecule has 1 aliphatic heterocycles. The van der Waals surface area contributed by atoms with Crippen molar-refractivity contribution in [3.05, 3.63) is 23.6 Å². The van der Waals surface area contributed by atoms with Gasteiger partial charge < -0.3 is 10.1 Å². The number of ether oxygens (including phenoxy) is 1. The van der Waals surface area contributed by atoms with Crippen LogP contribution in [0.5, 0.6) is 0 Å². The molecule has 2 rings (SSSR count). The van der Waals surface area contributed by atoms with Crippen LogP contribution in [0, 0.1) is 0 Å². The van der Waals surface area contributed by atoms with Crippen LogP contribution in [0.3, 0.4) is 0 Å². The maximum Gasteiger partial charge on any atom is 0.119 e. The van der Waals surface area contributed by atoms with E-state index in [9.17, 15) is 0 Å². The molecular formula is C8H11NO. The van der Waals surface area contributed by atoms with Gasteiger partial charge in [0.25, 0.3) is 0 Å². The first-order valence-electron chi connectivity index (χ1n) is 3.70. The Bertz CT molecular complexity index is 173. The molecule has 0 aromatic carbocycles. The fourth-order valence-corrected chi connectivity index (χ4v) is 1.32.